The number of benzene rings is 1. The van der Waals surface area contributed by atoms with Crippen LogP contribution in [0.2, 0.25) is 0 Å². The molecule has 0 bridgehead atoms. The molecular formula is C15H13FN2O3S. The Bertz CT molecular complexity index is 714. The van der Waals surface area contributed by atoms with Crippen molar-refractivity contribution in [2.24, 2.45) is 0 Å². The zero-order valence-corrected chi connectivity index (χ0v) is 12.3. The minimum Gasteiger partial charge on any atom is -0.480 e. The second-order valence-corrected chi connectivity index (χ2v) is 5.90. The minimum absolute atomic E-state index is 0.234. The number of halogens is 1. The van der Waals surface area contributed by atoms with Gasteiger partial charge in [0.15, 0.2) is 0 Å². The van der Waals surface area contributed by atoms with Gasteiger partial charge in [-0.05, 0) is 37.1 Å². The molecule has 1 saturated heterocycles. The van der Waals surface area contributed by atoms with Crippen LogP contribution in [0.25, 0.3) is 10.6 Å². The van der Waals surface area contributed by atoms with Crippen LogP contribution >= 0.6 is 11.3 Å². The lowest BCUT2D eigenvalue weighted by molar-refractivity contribution is -0.141. The van der Waals surface area contributed by atoms with E-state index in [0.717, 1.165) is 5.56 Å². The fraction of sp³-hybridized carbons (Fsp3) is 0.267. The molecule has 2 heterocycles. The van der Waals surface area contributed by atoms with Crippen LogP contribution < -0.4 is 0 Å². The van der Waals surface area contributed by atoms with E-state index in [9.17, 15) is 14.0 Å². The summed E-state index contributed by atoms with van der Waals surface area (Å²) in [5.74, 6) is -1.69. The first-order valence-corrected chi connectivity index (χ1v) is 7.69. The number of nitrogens with zero attached hydrogens (tertiary/aromatic N) is 2. The summed E-state index contributed by atoms with van der Waals surface area (Å²) in [6, 6.07) is 5.08. The van der Waals surface area contributed by atoms with Gasteiger partial charge in [-0.25, -0.2) is 14.2 Å². The first kappa shape index (κ1) is 14.6. The monoisotopic (exact) mass is 320 g/mol. The zero-order valence-electron chi connectivity index (χ0n) is 11.5. The number of rotatable bonds is 3. The van der Waals surface area contributed by atoms with Gasteiger partial charge in [-0.15, -0.1) is 11.3 Å². The van der Waals surface area contributed by atoms with E-state index in [1.54, 1.807) is 17.5 Å². The Hall–Kier alpha value is -2.28. The van der Waals surface area contributed by atoms with Crippen molar-refractivity contribution in [3.63, 3.8) is 0 Å². The highest BCUT2D eigenvalue weighted by Crippen LogP contribution is 2.26. The van der Waals surface area contributed by atoms with Gasteiger partial charge in [-0.3, -0.25) is 4.79 Å². The molecule has 0 unspecified atom stereocenters. The molecular weight excluding hydrogens is 307 g/mol. The smallest absolute Gasteiger partial charge is 0.326 e. The van der Waals surface area contributed by atoms with E-state index >= 15 is 0 Å². The van der Waals surface area contributed by atoms with E-state index in [-0.39, 0.29) is 17.4 Å². The number of aliphatic carboxylic acids is 1. The van der Waals surface area contributed by atoms with Crippen molar-refractivity contribution < 1.29 is 19.1 Å². The summed E-state index contributed by atoms with van der Waals surface area (Å²) in [6.07, 6.45) is 1.15. The molecule has 7 heteroatoms. The van der Waals surface area contributed by atoms with Gasteiger partial charge in [-0.2, -0.15) is 0 Å². The van der Waals surface area contributed by atoms with Gasteiger partial charge in [0.2, 0.25) is 0 Å². The normalized spacial score (nSPS) is 17.7. The van der Waals surface area contributed by atoms with Gasteiger partial charge in [0.25, 0.3) is 5.91 Å². The lowest BCUT2D eigenvalue weighted by Gasteiger charge is -2.20. The average molecular weight is 320 g/mol. The predicted octanol–water partition coefficient (Wildman–Crippen LogP) is 2.64. The number of hydrogen-bond acceptors (Lipinski definition) is 4. The molecule has 1 fully saturated rings. The molecule has 1 aromatic heterocycles. The maximum atomic E-state index is 12.9. The molecule has 2 aromatic rings. The molecule has 22 heavy (non-hydrogen) atoms. The summed E-state index contributed by atoms with van der Waals surface area (Å²) in [6.45, 7) is 0.430. The Kier molecular flexibility index (Phi) is 3.89. The molecule has 1 amide bonds. The van der Waals surface area contributed by atoms with Gasteiger partial charge in [0.1, 0.15) is 22.6 Å². The number of hydrogen-bond donors (Lipinski definition) is 1. The molecule has 1 aromatic carbocycles. The summed E-state index contributed by atoms with van der Waals surface area (Å²) < 4.78 is 12.9. The Labute approximate surface area is 130 Å². The molecule has 0 saturated carbocycles. The van der Waals surface area contributed by atoms with Crippen molar-refractivity contribution in [3.8, 4) is 10.6 Å². The van der Waals surface area contributed by atoms with Gasteiger partial charge in [-0.1, -0.05) is 0 Å². The molecule has 0 radical (unpaired) electrons. The van der Waals surface area contributed by atoms with E-state index in [0.29, 0.717) is 24.4 Å². The van der Waals surface area contributed by atoms with E-state index in [1.165, 1.54) is 28.4 Å². The third-order valence-corrected chi connectivity index (χ3v) is 4.50. The van der Waals surface area contributed by atoms with Crippen molar-refractivity contribution in [1.82, 2.24) is 9.88 Å². The summed E-state index contributed by atoms with van der Waals surface area (Å²) >= 11 is 1.28. The van der Waals surface area contributed by atoms with E-state index < -0.39 is 12.0 Å². The van der Waals surface area contributed by atoms with Crippen LogP contribution in [-0.2, 0) is 4.79 Å². The third kappa shape index (κ3) is 2.71. The van der Waals surface area contributed by atoms with E-state index in [4.69, 9.17) is 5.11 Å². The van der Waals surface area contributed by atoms with Crippen molar-refractivity contribution in [2.75, 3.05) is 6.54 Å². The molecule has 3 rings (SSSR count). The van der Waals surface area contributed by atoms with Crippen molar-refractivity contribution in [2.45, 2.75) is 18.9 Å². The first-order valence-electron chi connectivity index (χ1n) is 6.81. The highest BCUT2D eigenvalue weighted by molar-refractivity contribution is 7.13. The standard InChI is InChI=1S/C15H13FN2O3S/c16-10-5-3-9(4-6-10)13-17-11(8-22-13)14(19)18-7-1-2-12(18)15(20)21/h3-6,8,12H,1-2,7H2,(H,20,21)/t12-/m1/s1. The molecule has 1 aliphatic heterocycles. The molecule has 5 nitrogen and oxygen atoms in total. The second kappa shape index (κ2) is 5.84. The highest BCUT2D eigenvalue weighted by atomic mass is 32.1. The quantitative estimate of drug-likeness (QED) is 0.944. The number of carbonyl (C=O) groups excluding carboxylic acids is 1. The Balaban J connectivity index is 1.82. The van der Waals surface area contributed by atoms with Gasteiger partial charge in [0, 0.05) is 17.5 Å². The summed E-state index contributed by atoms with van der Waals surface area (Å²) in [7, 11) is 0. The maximum Gasteiger partial charge on any atom is 0.326 e. The predicted molar refractivity (Wildman–Crippen MR) is 79.2 cm³/mol. The van der Waals surface area contributed by atoms with Gasteiger partial charge in [0.05, 0.1) is 0 Å². The van der Waals surface area contributed by atoms with Crippen molar-refractivity contribution in [3.05, 3.63) is 41.2 Å². The van der Waals surface area contributed by atoms with E-state index in [2.05, 4.69) is 4.98 Å². The number of carbonyl (C=O) groups is 2. The van der Waals surface area contributed by atoms with Crippen molar-refractivity contribution >= 4 is 23.2 Å². The Morgan fingerprint density at radius 1 is 1.32 bits per heavy atom. The van der Waals surface area contributed by atoms with Crippen LogP contribution in [0.5, 0.6) is 0 Å². The number of aromatic nitrogens is 1. The molecule has 0 spiro atoms. The number of carboxylic acids is 1. The highest BCUT2D eigenvalue weighted by Gasteiger charge is 2.35. The first-order chi connectivity index (χ1) is 10.6. The van der Waals surface area contributed by atoms with E-state index in [1.807, 2.05) is 0 Å². The van der Waals surface area contributed by atoms with Crippen LogP contribution in [0.4, 0.5) is 4.39 Å². The number of likely N-dealkylation sites (tertiary alicyclic amines) is 1. The van der Waals surface area contributed by atoms with Crippen molar-refractivity contribution in [1.29, 1.82) is 0 Å². The SMILES string of the molecule is O=C(O)[C@H]1CCCN1C(=O)c1csc(-c2ccc(F)cc2)n1. The topological polar surface area (TPSA) is 70.5 Å². The number of thiazole rings is 1. The Morgan fingerprint density at radius 2 is 2.05 bits per heavy atom. The largest absolute Gasteiger partial charge is 0.480 e. The molecule has 1 aliphatic rings. The summed E-state index contributed by atoms with van der Waals surface area (Å²) in [5, 5.41) is 11.4. The minimum atomic E-state index is -0.986. The fourth-order valence-corrected chi connectivity index (χ4v) is 3.31. The molecule has 114 valence electrons. The van der Waals surface area contributed by atoms with Gasteiger partial charge >= 0.3 is 5.97 Å². The number of carboxylic acid groups (broad SMARTS) is 1. The lowest BCUT2D eigenvalue weighted by atomic mass is 10.2. The van der Waals surface area contributed by atoms with Crippen LogP contribution in [0.15, 0.2) is 29.6 Å². The van der Waals surface area contributed by atoms with Gasteiger partial charge < -0.3 is 10.0 Å². The lowest BCUT2D eigenvalue weighted by Crippen LogP contribution is -2.40. The zero-order chi connectivity index (χ0) is 15.7. The molecule has 0 aliphatic carbocycles. The molecule has 1 N–H and O–H groups in total. The second-order valence-electron chi connectivity index (χ2n) is 5.04. The average Bonchev–Trinajstić information content (AvgIpc) is 3.17. The summed E-state index contributed by atoms with van der Waals surface area (Å²) in [5.41, 5.74) is 0.958. The molecule has 1 atom stereocenters. The Morgan fingerprint density at radius 3 is 2.73 bits per heavy atom. The third-order valence-electron chi connectivity index (χ3n) is 3.61. The van der Waals surface area contributed by atoms with Crippen LogP contribution in [-0.4, -0.2) is 39.5 Å². The fourth-order valence-electron chi connectivity index (χ4n) is 2.51. The van der Waals surface area contributed by atoms with Crippen LogP contribution in [0.3, 0.4) is 0 Å². The maximum absolute atomic E-state index is 12.9. The van der Waals surface area contributed by atoms with Crippen LogP contribution in [0, 0.1) is 5.82 Å². The summed E-state index contributed by atoms with van der Waals surface area (Å²) in [4.78, 5) is 29.2. The van der Waals surface area contributed by atoms with Crippen LogP contribution in [0.1, 0.15) is 23.3 Å². The number of amides is 1.